The summed E-state index contributed by atoms with van der Waals surface area (Å²) in [4.78, 5) is 0. The van der Waals surface area contributed by atoms with E-state index in [1.54, 1.807) is 0 Å². The molecule has 0 aliphatic heterocycles. The lowest BCUT2D eigenvalue weighted by atomic mass is 10.00. The van der Waals surface area contributed by atoms with Gasteiger partial charge in [0.25, 0.3) is 0 Å². The maximum absolute atomic E-state index is 13.4. The van der Waals surface area contributed by atoms with E-state index in [0.717, 1.165) is 19.0 Å². The van der Waals surface area contributed by atoms with Crippen LogP contribution in [-0.2, 0) is 0 Å². The van der Waals surface area contributed by atoms with E-state index in [2.05, 4.69) is 12.2 Å². The van der Waals surface area contributed by atoms with Gasteiger partial charge in [0.1, 0.15) is 0 Å². The molecule has 1 aromatic rings. The molecule has 0 heterocycles. The van der Waals surface area contributed by atoms with Gasteiger partial charge in [-0.2, -0.15) is 4.39 Å². The summed E-state index contributed by atoms with van der Waals surface area (Å²) < 4.78 is 31.8. The van der Waals surface area contributed by atoms with Crippen molar-refractivity contribution in [2.45, 2.75) is 38.6 Å². The quantitative estimate of drug-likeness (QED) is 0.853. The van der Waals surface area contributed by atoms with Gasteiger partial charge in [0.05, 0.1) is 6.61 Å². The molecule has 1 saturated carbocycles. The largest absolute Gasteiger partial charge is 0.490 e. The average Bonchev–Trinajstić information content (AvgIpc) is 2.83. The number of rotatable bonds is 6. The zero-order valence-electron chi connectivity index (χ0n) is 11.3. The third kappa shape index (κ3) is 3.66. The fourth-order valence-electron chi connectivity index (χ4n) is 2.83. The highest BCUT2D eigenvalue weighted by Gasteiger charge is 2.26. The maximum Gasteiger partial charge on any atom is 0.200 e. The fraction of sp³-hybridized carbons (Fsp3) is 0.600. The van der Waals surface area contributed by atoms with Gasteiger partial charge < -0.3 is 10.1 Å². The lowest BCUT2D eigenvalue weighted by Crippen LogP contribution is -2.32. The van der Waals surface area contributed by atoms with Crippen molar-refractivity contribution < 1.29 is 13.5 Å². The molecule has 1 fully saturated rings. The summed E-state index contributed by atoms with van der Waals surface area (Å²) >= 11 is 0. The first-order chi connectivity index (χ1) is 9.22. The van der Waals surface area contributed by atoms with Gasteiger partial charge in [-0.25, -0.2) is 4.39 Å². The van der Waals surface area contributed by atoms with E-state index in [1.807, 2.05) is 0 Å². The van der Waals surface area contributed by atoms with Crippen molar-refractivity contribution in [3.05, 3.63) is 29.8 Å². The minimum atomic E-state index is -0.892. The third-order valence-electron chi connectivity index (χ3n) is 3.79. The summed E-state index contributed by atoms with van der Waals surface area (Å²) in [6, 6.07) is 4.57. The molecule has 19 heavy (non-hydrogen) atoms. The highest BCUT2D eigenvalue weighted by molar-refractivity contribution is 5.24. The average molecular weight is 269 g/mol. The van der Waals surface area contributed by atoms with Crippen LogP contribution in [0.15, 0.2) is 18.2 Å². The highest BCUT2D eigenvalue weighted by atomic mass is 19.2. The molecule has 2 nitrogen and oxygen atoms in total. The minimum Gasteiger partial charge on any atom is -0.490 e. The molecule has 0 radical (unpaired) electrons. The Balaban J connectivity index is 1.81. The molecule has 0 aromatic heterocycles. The fourth-order valence-corrected chi connectivity index (χ4v) is 2.83. The molecule has 1 aromatic carbocycles. The van der Waals surface area contributed by atoms with Gasteiger partial charge in [0.15, 0.2) is 11.6 Å². The summed E-state index contributed by atoms with van der Waals surface area (Å²) in [6.45, 7) is 3.52. The van der Waals surface area contributed by atoms with E-state index in [0.29, 0.717) is 18.6 Å². The van der Waals surface area contributed by atoms with Crippen LogP contribution in [0.25, 0.3) is 0 Å². The summed E-state index contributed by atoms with van der Waals surface area (Å²) in [6.07, 6.45) is 4.50. The van der Waals surface area contributed by atoms with Crippen LogP contribution in [0.1, 0.15) is 32.6 Å². The molecule has 1 aliphatic carbocycles. The van der Waals surface area contributed by atoms with E-state index in [1.165, 1.54) is 31.4 Å². The summed E-state index contributed by atoms with van der Waals surface area (Å²) in [5, 5.41) is 3.47. The highest BCUT2D eigenvalue weighted by Crippen LogP contribution is 2.29. The lowest BCUT2D eigenvalue weighted by Gasteiger charge is -2.20. The van der Waals surface area contributed by atoms with Crippen molar-refractivity contribution in [1.29, 1.82) is 0 Å². The maximum atomic E-state index is 13.4. The lowest BCUT2D eigenvalue weighted by molar-refractivity contribution is 0.249. The molecule has 0 saturated heterocycles. The molecular formula is C15H21F2NO. The van der Waals surface area contributed by atoms with Crippen LogP contribution in [0, 0.1) is 17.6 Å². The van der Waals surface area contributed by atoms with Gasteiger partial charge in [-0.15, -0.1) is 0 Å². The normalized spacial score (nSPS) is 22.7. The van der Waals surface area contributed by atoms with Crippen LogP contribution >= 0.6 is 0 Å². The summed E-state index contributed by atoms with van der Waals surface area (Å²) in [5.41, 5.74) is 0. The van der Waals surface area contributed by atoms with Crippen LogP contribution in [-0.4, -0.2) is 19.2 Å². The summed E-state index contributed by atoms with van der Waals surface area (Å²) in [5.74, 6) is -1.16. The molecule has 106 valence electrons. The Bertz CT molecular complexity index is 411. The van der Waals surface area contributed by atoms with Crippen LogP contribution < -0.4 is 10.1 Å². The van der Waals surface area contributed by atoms with Crippen LogP contribution in [0.2, 0.25) is 0 Å². The smallest absolute Gasteiger partial charge is 0.200 e. The zero-order chi connectivity index (χ0) is 13.7. The second-order valence-corrected chi connectivity index (χ2v) is 5.04. The Kier molecular flexibility index (Phi) is 5.14. The van der Waals surface area contributed by atoms with Crippen molar-refractivity contribution in [1.82, 2.24) is 5.32 Å². The first kappa shape index (κ1) is 14.3. The number of nitrogens with one attached hydrogen (secondary N) is 1. The van der Waals surface area contributed by atoms with Crippen molar-refractivity contribution in [2.24, 2.45) is 5.92 Å². The second kappa shape index (κ2) is 6.85. The standard InChI is InChI=1S/C15H21F2NO/c1-2-18-13-7-3-5-11(13)9-10-19-14-8-4-6-12(16)15(14)17/h4,6,8,11,13,18H,2-3,5,7,9-10H2,1H3. The van der Waals surface area contributed by atoms with E-state index in [-0.39, 0.29) is 5.75 Å². The number of hydrogen-bond acceptors (Lipinski definition) is 2. The number of halogens is 2. The Morgan fingerprint density at radius 2 is 2.16 bits per heavy atom. The van der Waals surface area contributed by atoms with Crippen molar-refractivity contribution in [2.75, 3.05) is 13.2 Å². The van der Waals surface area contributed by atoms with Gasteiger partial charge in [-0.05, 0) is 43.9 Å². The van der Waals surface area contributed by atoms with Crippen molar-refractivity contribution in [3.63, 3.8) is 0 Å². The van der Waals surface area contributed by atoms with Gasteiger partial charge in [0.2, 0.25) is 5.82 Å². The van der Waals surface area contributed by atoms with Gasteiger partial charge in [-0.3, -0.25) is 0 Å². The molecular weight excluding hydrogens is 248 g/mol. The molecule has 2 rings (SSSR count). The van der Waals surface area contributed by atoms with E-state index >= 15 is 0 Å². The molecule has 2 atom stereocenters. The number of benzene rings is 1. The molecule has 0 amide bonds. The molecule has 1 aliphatic rings. The minimum absolute atomic E-state index is 0.0120. The van der Waals surface area contributed by atoms with Gasteiger partial charge in [0, 0.05) is 6.04 Å². The Hall–Kier alpha value is -1.16. The van der Waals surface area contributed by atoms with E-state index in [4.69, 9.17) is 4.74 Å². The zero-order valence-corrected chi connectivity index (χ0v) is 11.3. The Morgan fingerprint density at radius 3 is 2.95 bits per heavy atom. The van der Waals surface area contributed by atoms with Gasteiger partial charge >= 0.3 is 0 Å². The van der Waals surface area contributed by atoms with Crippen LogP contribution in [0.4, 0.5) is 8.78 Å². The van der Waals surface area contributed by atoms with E-state index in [9.17, 15) is 8.78 Å². The van der Waals surface area contributed by atoms with Gasteiger partial charge in [-0.1, -0.05) is 19.4 Å². The summed E-state index contributed by atoms with van der Waals surface area (Å²) in [7, 11) is 0. The van der Waals surface area contributed by atoms with Crippen LogP contribution in [0.3, 0.4) is 0 Å². The Morgan fingerprint density at radius 1 is 1.32 bits per heavy atom. The topological polar surface area (TPSA) is 21.3 Å². The first-order valence-electron chi connectivity index (χ1n) is 7.02. The molecule has 2 unspecified atom stereocenters. The first-order valence-corrected chi connectivity index (χ1v) is 7.02. The predicted octanol–water partition coefficient (Wildman–Crippen LogP) is 3.51. The molecule has 4 heteroatoms. The molecule has 1 N–H and O–H groups in total. The van der Waals surface area contributed by atoms with E-state index < -0.39 is 11.6 Å². The van der Waals surface area contributed by atoms with Crippen LogP contribution in [0.5, 0.6) is 5.75 Å². The van der Waals surface area contributed by atoms with Crippen molar-refractivity contribution in [3.8, 4) is 5.75 Å². The Labute approximate surface area is 113 Å². The molecule has 0 spiro atoms. The predicted molar refractivity (Wildman–Crippen MR) is 71.3 cm³/mol. The monoisotopic (exact) mass is 269 g/mol. The number of ether oxygens (including phenoxy) is 1. The van der Waals surface area contributed by atoms with Crippen molar-refractivity contribution >= 4 is 0 Å². The number of hydrogen-bond donors (Lipinski definition) is 1. The molecule has 0 bridgehead atoms. The third-order valence-corrected chi connectivity index (χ3v) is 3.79. The SMILES string of the molecule is CCNC1CCCC1CCOc1cccc(F)c1F. The second-order valence-electron chi connectivity index (χ2n) is 5.04.